The van der Waals surface area contributed by atoms with Crippen LogP contribution in [0.25, 0.3) is 10.9 Å². The molecule has 1 aliphatic heterocycles. The molecule has 0 aliphatic carbocycles. The smallest absolute Gasteiger partial charge is 0.325 e. The summed E-state index contributed by atoms with van der Waals surface area (Å²) in [5.74, 6) is -2.48. The normalized spacial score (nSPS) is 15.8. The van der Waals surface area contributed by atoms with Gasteiger partial charge in [0.1, 0.15) is 6.04 Å². The second kappa shape index (κ2) is 8.74. The molecule has 0 spiro atoms. The molecule has 0 unspecified atom stereocenters. The van der Waals surface area contributed by atoms with Crippen LogP contribution in [-0.4, -0.2) is 75.4 Å². The first kappa shape index (κ1) is 20.3. The first-order valence-electron chi connectivity index (χ1n) is 9.18. The molecule has 1 aromatic heterocycles. The summed E-state index contributed by atoms with van der Waals surface area (Å²) in [5, 5.41) is 21.8. The highest BCUT2D eigenvalue weighted by molar-refractivity contribution is 5.96. The molecule has 4 N–H and O–H groups in total. The van der Waals surface area contributed by atoms with Crippen LogP contribution < -0.4 is 5.32 Å². The van der Waals surface area contributed by atoms with E-state index in [4.69, 9.17) is 5.11 Å². The van der Waals surface area contributed by atoms with E-state index in [9.17, 15) is 24.3 Å². The van der Waals surface area contributed by atoms with Crippen LogP contribution in [0.3, 0.4) is 0 Å². The van der Waals surface area contributed by atoms with Crippen molar-refractivity contribution in [2.75, 3.05) is 31.5 Å². The number of rotatable bonds is 8. The summed E-state index contributed by atoms with van der Waals surface area (Å²) in [6.45, 7) is 1.79. The Morgan fingerprint density at radius 2 is 1.86 bits per heavy atom. The summed E-state index contributed by atoms with van der Waals surface area (Å²) in [6, 6.07) is 4.18. The Morgan fingerprint density at radius 1 is 1.14 bits per heavy atom. The molecular formula is C19H22N4O6. The maximum atomic E-state index is 12.0. The molecular weight excluding hydrogens is 380 g/mol. The minimum absolute atomic E-state index is 0.147. The summed E-state index contributed by atoms with van der Waals surface area (Å²) in [7, 11) is 0. The Morgan fingerprint density at radius 3 is 2.48 bits per heavy atom. The summed E-state index contributed by atoms with van der Waals surface area (Å²) >= 11 is 0. The number of carbonyl (C=O) groups excluding carboxylic acids is 2. The van der Waals surface area contributed by atoms with Crippen molar-refractivity contribution in [2.24, 2.45) is 0 Å². The van der Waals surface area contributed by atoms with Crippen molar-refractivity contribution in [3.63, 3.8) is 0 Å². The van der Waals surface area contributed by atoms with E-state index in [0.29, 0.717) is 42.8 Å². The van der Waals surface area contributed by atoms with Crippen molar-refractivity contribution >= 4 is 40.8 Å². The highest BCUT2D eigenvalue weighted by Crippen LogP contribution is 2.31. The van der Waals surface area contributed by atoms with Crippen molar-refractivity contribution in [3.8, 4) is 0 Å². The number of carboxylic acid groups (broad SMARTS) is 2. The molecule has 154 valence electrons. The topological polar surface area (TPSA) is 143 Å². The second-order valence-electron chi connectivity index (χ2n) is 6.86. The summed E-state index contributed by atoms with van der Waals surface area (Å²) in [4.78, 5) is 51.9. The minimum atomic E-state index is -1.05. The highest BCUT2D eigenvalue weighted by Gasteiger charge is 2.32. The molecule has 10 nitrogen and oxygen atoms in total. The van der Waals surface area contributed by atoms with Crippen molar-refractivity contribution in [3.05, 3.63) is 30.0 Å². The number of piperazine rings is 1. The quantitative estimate of drug-likeness (QED) is 0.480. The molecule has 0 radical (unpaired) electrons. The molecule has 10 heteroatoms. The van der Waals surface area contributed by atoms with E-state index in [0.717, 1.165) is 11.9 Å². The Bertz CT molecular complexity index is 932. The van der Waals surface area contributed by atoms with Gasteiger partial charge < -0.3 is 25.4 Å². The van der Waals surface area contributed by atoms with E-state index >= 15 is 0 Å². The second-order valence-corrected chi connectivity index (χ2v) is 6.86. The fraction of sp³-hybridized carbons (Fsp3) is 0.368. The van der Waals surface area contributed by atoms with Gasteiger partial charge >= 0.3 is 11.9 Å². The number of amides is 2. The zero-order chi connectivity index (χ0) is 21.0. The van der Waals surface area contributed by atoms with Gasteiger partial charge in [0.15, 0.2) is 0 Å². The molecule has 2 heterocycles. The number of aliphatic carboxylic acids is 2. The van der Waals surface area contributed by atoms with Crippen LogP contribution in [0.4, 0.5) is 5.69 Å². The molecule has 2 amide bonds. The average Bonchev–Trinajstić information content (AvgIpc) is 3.10. The number of aromatic amines is 1. The number of aromatic nitrogens is 1. The standard InChI is InChI=1S/C19H22N4O6/c24-11-22-5-7-23(8-6-22)18(19(28)29)14-10-20-15-2-1-12(9-13(14)15)21-16(25)3-4-17(26)27/h1-2,9-11,18,20H,3-8H2,(H,21,25)(H,26,27)(H,28,29)/t18-/m1/s1. The Balaban J connectivity index is 1.84. The number of fused-ring (bicyclic) bond motifs is 1. The number of nitrogens with one attached hydrogen (secondary N) is 2. The van der Waals surface area contributed by atoms with Crippen LogP contribution >= 0.6 is 0 Å². The number of carboxylic acids is 2. The minimum Gasteiger partial charge on any atom is -0.481 e. The van der Waals surface area contributed by atoms with Crippen LogP contribution in [0.1, 0.15) is 24.4 Å². The lowest BCUT2D eigenvalue weighted by Crippen LogP contribution is -2.48. The van der Waals surface area contributed by atoms with Gasteiger partial charge in [-0.05, 0) is 18.2 Å². The van der Waals surface area contributed by atoms with Gasteiger partial charge in [-0.15, -0.1) is 0 Å². The molecule has 2 aromatic rings. The van der Waals surface area contributed by atoms with Crippen LogP contribution in [0.5, 0.6) is 0 Å². The third-order valence-corrected chi connectivity index (χ3v) is 4.96. The molecule has 1 saturated heterocycles. The van der Waals surface area contributed by atoms with Gasteiger partial charge in [0, 0.05) is 61.0 Å². The Hall–Kier alpha value is -3.40. The van der Waals surface area contributed by atoms with Gasteiger partial charge in [0.2, 0.25) is 12.3 Å². The van der Waals surface area contributed by atoms with Crippen LogP contribution in [-0.2, 0) is 19.2 Å². The van der Waals surface area contributed by atoms with E-state index in [1.807, 2.05) is 4.90 Å². The van der Waals surface area contributed by atoms with Gasteiger partial charge in [-0.3, -0.25) is 24.1 Å². The number of anilines is 1. The predicted molar refractivity (Wildman–Crippen MR) is 103 cm³/mol. The summed E-state index contributed by atoms with van der Waals surface area (Å²) < 4.78 is 0. The van der Waals surface area contributed by atoms with Gasteiger partial charge in [0.25, 0.3) is 0 Å². The maximum absolute atomic E-state index is 12.0. The first-order chi connectivity index (χ1) is 13.9. The number of hydrogen-bond donors (Lipinski definition) is 4. The number of hydrogen-bond acceptors (Lipinski definition) is 5. The zero-order valence-electron chi connectivity index (χ0n) is 15.6. The third-order valence-electron chi connectivity index (χ3n) is 4.96. The summed E-state index contributed by atoms with van der Waals surface area (Å²) in [5.41, 5.74) is 1.75. The van der Waals surface area contributed by atoms with Gasteiger partial charge in [-0.2, -0.15) is 0 Å². The fourth-order valence-electron chi connectivity index (χ4n) is 3.48. The average molecular weight is 402 g/mol. The lowest BCUT2D eigenvalue weighted by Gasteiger charge is -2.36. The van der Waals surface area contributed by atoms with Crippen molar-refractivity contribution in [2.45, 2.75) is 18.9 Å². The van der Waals surface area contributed by atoms with E-state index < -0.39 is 23.9 Å². The lowest BCUT2D eigenvalue weighted by molar-refractivity contribution is -0.144. The van der Waals surface area contributed by atoms with Gasteiger partial charge in [-0.1, -0.05) is 0 Å². The van der Waals surface area contributed by atoms with Gasteiger partial charge in [-0.25, -0.2) is 0 Å². The van der Waals surface area contributed by atoms with E-state index in [-0.39, 0.29) is 12.8 Å². The first-order valence-corrected chi connectivity index (χ1v) is 9.18. The molecule has 1 aliphatic rings. The summed E-state index contributed by atoms with van der Waals surface area (Å²) in [6.07, 6.45) is 1.99. The van der Waals surface area contributed by atoms with Crippen molar-refractivity contribution < 1.29 is 29.4 Å². The number of benzene rings is 1. The third kappa shape index (κ3) is 4.72. The molecule has 0 saturated carbocycles. The number of carbonyl (C=O) groups is 4. The maximum Gasteiger partial charge on any atom is 0.325 e. The molecule has 0 bridgehead atoms. The molecule has 29 heavy (non-hydrogen) atoms. The van der Waals surface area contributed by atoms with Crippen LogP contribution in [0.2, 0.25) is 0 Å². The SMILES string of the molecule is O=CN1CCN([C@@H](C(=O)O)c2c[nH]c3ccc(NC(=O)CCC(=O)O)cc23)CC1. The van der Waals surface area contributed by atoms with Gasteiger partial charge in [0.05, 0.1) is 6.42 Å². The van der Waals surface area contributed by atoms with Crippen LogP contribution in [0.15, 0.2) is 24.4 Å². The molecule has 1 fully saturated rings. The molecule has 3 rings (SSSR count). The predicted octanol–water partition coefficient (Wildman–Crippen LogP) is 0.871. The monoisotopic (exact) mass is 402 g/mol. The van der Waals surface area contributed by atoms with Crippen LogP contribution in [0, 0.1) is 0 Å². The number of nitrogens with zero attached hydrogens (tertiary/aromatic N) is 2. The molecule has 1 aromatic carbocycles. The van der Waals surface area contributed by atoms with E-state index in [1.54, 1.807) is 29.3 Å². The van der Waals surface area contributed by atoms with Crippen molar-refractivity contribution in [1.29, 1.82) is 0 Å². The van der Waals surface area contributed by atoms with Crippen molar-refractivity contribution in [1.82, 2.24) is 14.8 Å². The van der Waals surface area contributed by atoms with E-state index in [2.05, 4.69) is 10.3 Å². The molecule has 1 atom stereocenters. The zero-order valence-corrected chi connectivity index (χ0v) is 15.6. The lowest BCUT2D eigenvalue weighted by atomic mass is 10.0. The largest absolute Gasteiger partial charge is 0.481 e. The van der Waals surface area contributed by atoms with E-state index in [1.165, 1.54) is 0 Å². The highest BCUT2D eigenvalue weighted by atomic mass is 16.4. The fourth-order valence-corrected chi connectivity index (χ4v) is 3.48. The number of H-pyrrole nitrogens is 1. The Labute approximate surface area is 166 Å². The Kier molecular flexibility index (Phi) is 6.13.